The summed E-state index contributed by atoms with van der Waals surface area (Å²) >= 11 is 0. The van der Waals surface area contributed by atoms with Gasteiger partial charge in [-0.15, -0.1) is 0 Å². The Bertz CT molecular complexity index is 855. The third kappa shape index (κ3) is 6.72. The van der Waals surface area contributed by atoms with Crippen LogP contribution in [0.4, 0.5) is 0 Å². The molecule has 0 fully saturated rings. The first-order chi connectivity index (χ1) is 14.2. The van der Waals surface area contributed by atoms with Crippen molar-refractivity contribution < 1.29 is 9.59 Å². The second-order valence-corrected chi connectivity index (χ2v) is 8.43. The van der Waals surface area contributed by atoms with E-state index in [4.69, 9.17) is 0 Å². The maximum Gasteiger partial charge on any atom is 0.243 e. The Morgan fingerprint density at radius 1 is 0.900 bits per heavy atom. The first-order valence-corrected chi connectivity index (χ1v) is 11.0. The highest BCUT2D eigenvalue weighted by Crippen LogP contribution is 2.17. The molecule has 2 aromatic carbocycles. The van der Waals surface area contributed by atoms with Crippen LogP contribution >= 0.6 is 0 Å². The average molecular weight is 409 g/mol. The minimum absolute atomic E-state index is 0.0207. The molecule has 1 N–H and O–H groups in total. The standard InChI is InChI=1S/C26H36N2O2/c1-7-21(6)27-26(30)24(8-2)28(17-22-11-9-10-18(3)13-22)25(29)16-23-14-19(4)12-20(5)15-23/h9-15,21,24H,7-8,16-17H2,1-6H3,(H,27,30)/t21-,24+/m0/s1. The van der Waals surface area contributed by atoms with Gasteiger partial charge in [0.2, 0.25) is 11.8 Å². The minimum Gasteiger partial charge on any atom is -0.352 e. The monoisotopic (exact) mass is 408 g/mol. The number of carbonyl (C=O) groups is 2. The van der Waals surface area contributed by atoms with Crippen LogP contribution in [0.15, 0.2) is 42.5 Å². The Morgan fingerprint density at radius 3 is 2.10 bits per heavy atom. The Hall–Kier alpha value is -2.62. The molecule has 2 atom stereocenters. The summed E-state index contributed by atoms with van der Waals surface area (Å²) < 4.78 is 0. The molecule has 2 amide bonds. The highest BCUT2D eigenvalue weighted by molar-refractivity contribution is 5.88. The van der Waals surface area contributed by atoms with Gasteiger partial charge < -0.3 is 10.2 Å². The highest BCUT2D eigenvalue weighted by Gasteiger charge is 2.29. The van der Waals surface area contributed by atoms with Crippen molar-refractivity contribution in [3.8, 4) is 0 Å². The number of carbonyl (C=O) groups excluding carboxylic acids is 2. The molecule has 4 heteroatoms. The third-order valence-corrected chi connectivity index (χ3v) is 5.46. The number of hydrogen-bond donors (Lipinski definition) is 1. The van der Waals surface area contributed by atoms with E-state index in [0.717, 1.165) is 34.2 Å². The van der Waals surface area contributed by atoms with Gasteiger partial charge in [0.25, 0.3) is 0 Å². The van der Waals surface area contributed by atoms with Gasteiger partial charge in [-0.2, -0.15) is 0 Å². The van der Waals surface area contributed by atoms with E-state index in [9.17, 15) is 9.59 Å². The van der Waals surface area contributed by atoms with E-state index in [0.29, 0.717) is 19.4 Å². The fraction of sp³-hybridized carbons (Fsp3) is 0.462. The molecule has 4 nitrogen and oxygen atoms in total. The molecule has 0 heterocycles. The molecule has 0 aromatic heterocycles. The van der Waals surface area contributed by atoms with Crippen LogP contribution in [0.1, 0.15) is 61.4 Å². The lowest BCUT2D eigenvalue weighted by molar-refractivity contribution is -0.141. The lowest BCUT2D eigenvalue weighted by Crippen LogP contribution is -2.51. The number of benzene rings is 2. The van der Waals surface area contributed by atoms with Crippen molar-refractivity contribution in [2.45, 2.75) is 79.4 Å². The molecular formula is C26H36N2O2. The molecule has 0 aliphatic rings. The van der Waals surface area contributed by atoms with Crippen LogP contribution in [0, 0.1) is 20.8 Å². The topological polar surface area (TPSA) is 49.4 Å². The Kier molecular flexibility index (Phi) is 8.64. The molecule has 2 rings (SSSR count). The first kappa shape index (κ1) is 23.7. The van der Waals surface area contributed by atoms with Crippen molar-refractivity contribution in [3.05, 3.63) is 70.3 Å². The van der Waals surface area contributed by atoms with Gasteiger partial charge in [0.15, 0.2) is 0 Å². The van der Waals surface area contributed by atoms with E-state index in [1.165, 1.54) is 0 Å². The number of nitrogens with one attached hydrogen (secondary N) is 1. The van der Waals surface area contributed by atoms with Crippen LogP contribution in [-0.2, 0) is 22.6 Å². The fourth-order valence-electron chi connectivity index (χ4n) is 3.82. The van der Waals surface area contributed by atoms with Crippen LogP contribution in [0.3, 0.4) is 0 Å². The van der Waals surface area contributed by atoms with Crippen molar-refractivity contribution in [3.63, 3.8) is 0 Å². The third-order valence-electron chi connectivity index (χ3n) is 5.46. The zero-order valence-electron chi connectivity index (χ0n) is 19.3. The van der Waals surface area contributed by atoms with Gasteiger partial charge in [-0.25, -0.2) is 0 Å². The maximum atomic E-state index is 13.4. The molecular weight excluding hydrogens is 372 g/mol. The quantitative estimate of drug-likeness (QED) is 0.643. The van der Waals surface area contributed by atoms with E-state index in [2.05, 4.69) is 29.6 Å². The van der Waals surface area contributed by atoms with Crippen LogP contribution in [0.5, 0.6) is 0 Å². The summed E-state index contributed by atoms with van der Waals surface area (Å²) in [5.41, 5.74) is 5.46. The first-order valence-electron chi connectivity index (χ1n) is 11.0. The summed E-state index contributed by atoms with van der Waals surface area (Å²) in [6, 6.07) is 13.9. The van der Waals surface area contributed by atoms with E-state index in [-0.39, 0.29) is 17.9 Å². The molecule has 0 bridgehead atoms. The largest absolute Gasteiger partial charge is 0.352 e. The highest BCUT2D eigenvalue weighted by atomic mass is 16.2. The van der Waals surface area contributed by atoms with E-state index >= 15 is 0 Å². The van der Waals surface area contributed by atoms with Crippen LogP contribution in [0.2, 0.25) is 0 Å². The Morgan fingerprint density at radius 2 is 1.53 bits per heavy atom. The predicted molar refractivity (Wildman–Crippen MR) is 123 cm³/mol. The Labute approximate surface area is 181 Å². The van der Waals surface area contributed by atoms with E-state index in [1.54, 1.807) is 4.90 Å². The van der Waals surface area contributed by atoms with Crippen molar-refractivity contribution >= 4 is 11.8 Å². The van der Waals surface area contributed by atoms with E-state index in [1.807, 2.05) is 59.7 Å². The molecule has 0 spiro atoms. The molecule has 0 saturated heterocycles. The molecule has 162 valence electrons. The molecule has 30 heavy (non-hydrogen) atoms. The van der Waals surface area contributed by atoms with Crippen molar-refractivity contribution in [1.82, 2.24) is 10.2 Å². The average Bonchev–Trinajstić information content (AvgIpc) is 2.66. The van der Waals surface area contributed by atoms with Gasteiger partial charge in [0.1, 0.15) is 6.04 Å². The van der Waals surface area contributed by atoms with Gasteiger partial charge >= 0.3 is 0 Å². The second-order valence-electron chi connectivity index (χ2n) is 8.43. The predicted octanol–water partition coefficient (Wildman–Crippen LogP) is 4.88. The minimum atomic E-state index is -0.488. The van der Waals surface area contributed by atoms with Gasteiger partial charge in [-0.3, -0.25) is 9.59 Å². The van der Waals surface area contributed by atoms with Crippen LogP contribution in [0.25, 0.3) is 0 Å². The van der Waals surface area contributed by atoms with Crippen LogP contribution in [-0.4, -0.2) is 28.8 Å². The zero-order chi connectivity index (χ0) is 22.3. The van der Waals surface area contributed by atoms with Gasteiger partial charge in [0, 0.05) is 12.6 Å². The van der Waals surface area contributed by atoms with Crippen LogP contribution < -0.4 is 5.32 Å². The Balaban J connectivity index is 2.32. The molecule has 0 unspecified atom stereocenters. The fourth-order valence-corrected chi connectivity index (χ4v) is 3.82. The summed E-state index contributed by atoms with van der Waals surface area (Å²) in [6.45, 7) is 12.6. The number of nitrogens with zero attached hydrogens (tertiary/aromatic N) is 1. The lowest BCUT2D eigenvalue weighted by Gasteiger charge is -2.31. The molecule has 0 saturated carbocycles. The summed E-state index contributed by atoms with van der Waals surface area (Å²) in [5, 5.41) is 3.06. The normalized spacial score (nSPS) is 12.9. The van der Waals surface area contributed by atoms with Crippen molar-refractivity contribution in [2.75, 3.05) is 0 Å². The smallest absolute Gasteiger partial charge is 0.243 e. The van der Waals surface area contributed by atoms with E-state index < -0.39 is 6.04 Å². The summed E-state index contributed by atoms with van der Waals surface area (Å²) in [4.78, 5) is 28.2. The molecule has 0 aliphatic carbocycles. The summed E-state index contributed by atoms with van der Waals surface area (Å²) in [6.07, 6.45) is 1.73. The molecule has 2 aromatic rings. The van der Waals surface area contributed by atoms with Crippen molar-refractivity contribution in [2.24, 2.45) is 0 Å². The van der Waals surface area contributed by atoms with Gasteiger partial charge in [0.05, 0.1) is 6.42 Å². The number of amides is 2. The maximum absolute atomic E-state index is 13.4. The SMILES string of the molecule is CC[C@H](C(=O)N[C@@H](C)CC)N(Cc1cccc(C)c1)C(=O)Cc1cc(C)cc(C)c1. The second kappa shape index (κ2) is 11.0. The number of aryl methyl sites for hydroxylation is 3. The van der Waals surface area contributed by atoms with Crippen molar-refractivity contribution in [1.29, 1.82) is 0 Å². The number of rotatable bonds is 9. The molecule has 0 radical (unpaired) electrons. The summed E-state index contributed by atoms with van der Waals surface area (Å²) in [7, 11) is 0. The lowest BCUT2D eigenvalue weighted by atomic mass is 10.0. The number of hydrogen-bond acceptors (Lipinski definition) is 2. The molecule has 0 aliphatic heterocycles. The van der Waals surface area contributed by atoms with Gasteiger partial charge in [-0.1, -0.05) is 73.0 Å². The zero-order valence-corrected chi connectivity index (χ0v) is 19.3. The summed E-state index contributed by atoms with van der Waals surface area (Å²) in [5.74, 6) is -0.0964. The van der Waals surface area contributed by atoms with Gasteiger partial charge in [-0.05, 0) is 51.7 Å².